The van der Waals surface area contributed by atoms with E-state index in [1.165, 1.54) is 21.2 Å². The number of rotatable bonds is 4. The largest absolute Gasteiger partial charge is 2.00 e. The van der Waals surface area contributed by atoms with Crippen LogP contribution in [0.5, 0.6) is 0 Å². The first-order valence-corrected chi connectivity index (χ1v) is 18.3. The first-order chi connectivity index (χ1) is 18.3. The predicted octanol–water partition coefficient (Wildman–Crippen LogP) is 10.0. The van der Waals surface area contributed by atoms with Crippen molar-refractivity contribution in [2.45, 2.75) is 104 Å². The molecule has 4 aromatic carbocycles. The predicted molar refractivity (Wildman–Crippen MR) is 199 cm³/mol. The van der Waals surface area contributed by atoms with E-state index in [9.17, 15) is 0 Å². The molecule has 0 aliphatic rings. The van der Waals surface area contributed by atoms with Crippen molar-refractivity contribution in [3.63, 3.8) is 0 Å². The van der Waals surface area contributed by atoms with Gasteiger partial charge in [-0.2, -0.15) is 48.5 Å². The zero-order chi connectivity index (χ0) is 30.5. The number of hydrogen-bond donors (Lipinski definition) is 0. The Morgan fingerprint density at radius 1 is 0.326 bits per heavy atom. The summed E-state index contributed by atoms with van der Waals surface area (Å²) in [5, 5.41) is 7.73. The van der Waals surface area contributed by atoms with E-state index in [-0.39, 0.29) is 50.6 Å². The summed E-state index contributed by atoms with van der Waals surface area (Å²) in [6.07, 6.45) is 0. The molecule has 0 aliphatic heterocycles. The van der Waals surface area contributed by atoms with Crippen LogP contribution < -0.4 is 21.2 Å². The van der Waals surface area contributed by atoms with E-state index in [1.54, 1.807) is 0 Å². The van der Waals surface area contributed by atoms with Crippen LogP contribution in [0.2, 0.25) is 0 Å². The Hall–Kier alpha value is 0.652. The Morgan fingerprint density at radius 3 is 0.535 bits per heavy atom. The Bertz CT molecular complexity index is 919. The summed E-state index contributed by atoms with van der Waals surface area (Å²) in [7, 11) is 3.75. The zero-order valence-corrected chi connectivity index (χ0v) is 35.5. The number of hydrogen-bond acceptors (Lipinski definition) is 0. The van der Waals surface area contributed by atoms with Crippen LogP contribution in [0.15, 0.2) is 97.1 Å². The summed E-state index contributed by atoms with van der Waals surface area (Å²) in [5.41, 5.74) is 0. The van der Waals surface area contributed by atoms with Gasteiger partial charge in [-0.25, -0.2) is 48.5 Å². The van der Waals surface area contributed by atoms with E-state index < -0.39 is 0 Å². The van der Waals surface area contributed by atoms with Crippen molar-refractivity contribution in [1.29, 1.82) is 0 Å². The van der Waals surface area contributed by atoms with Crippen LogP contribution in [0.1, 0.15) is 83.1 Å². The van der Waals surface area contributed by atoms with Gasteiger partial charge in [0.2, 0.25) is 0 Å². The summed E-state index contributed by atoms with van der Waals surface area (Å²) < 4.78 is 0. The maximum Gasteiger partial charge on any atom is 2.00 e. The van der Waals surface area contributed by atoms with Gasteiger partial charge in [-0.05, 0) is 20.6 Å². The summed E-state index contributed by atoms with van der Waals surface area (Å²) in [6, 6.07) is 34.4. The van der Waals surface area contributed by atoms with Gasteiger partial charge >= 0.3 is 17.1 Å². The van der Waals surface area contributed by atoms with Gasteiger partial charge in [-0.15, -0.1) is 55.5 Å². The van der Waals surface area contributed by atoms with Crippen LogP contribution in [-0.2, 0) is 50.6 Å². The van der Waals surface area contributed by atoms with Crippen molar-refractivity contribution in [3.05, 3.63) is 97.1 Å². The second kappa shape index (κ2) is 23.1. The maximum atomic E-state index is 2.28. The van der Waals surface area contributed by atoms with Crippen molar-refractivity contribution < 1.29 is 50.6 Å². The normalized spacial score (nSPS) is 12.2. The molecule has 4 unspecified atom stereocenters. The third kappa shape index (κ3) is 29.8. The molecule has 0 fully saturated rings. The summed E-state index contributed by atoms with van der Waals surface area (Å²) in [5.74, 6) is 0. The van der Waals surface area contributed by atoms with Crippen molar-refractivity contribution in [2.24, 2.45) is 0 Å². The molecule has 0 saturated heterocycles. The second-order valence-electron chi connectivity index (χ2n) is 14.2. The van der Waals surface area contributed by atoms with Gasteiger partial charge < -0.3 is 0 Å². The third-order valence-corrected chi connectivity index (χ3v) is 10.2. The molecule has 4 atom stereocenters. The minimum absolute atomic E-state index is 0. The van der Waals surface area contributed by atoms with Crippen molar-refractivity contribution in [3.8, 4) is 0 Å². The summed E-state index contributed by atoms with van der Waals surface area (Å²) in [4.78, 5) is 0. The molecule has 0 heterocycles. The van der Waals surface area contributed by atoms with Gasteiger partial charge in [0.05, 0.1) is 0 Å². The van der Waals surface area contributed by atoms with Gasteiger partial charge in [0.1, 0.15) is 0 Å². The van der Waals surface area contributed by atoms with Gasteiger partial charge in [-0.3, -0.25) is 0 Å². The van der Waals surface area contributed by atoms with E-state index in [0.717, 1.165) is 34.3 Å². The van der Waals surface area contributed by atoms with E-state index >= 15 is 0 Å². The van der Waals surface area contributed by atoms with Gasteiger partial charge in [0.25, 0.3) is 0 Å². The van der Waals surface area contributed by atoms with E-state index in [4.69, 9.17) is 0 Å². The Labute approximate surface area is 304 Å². The third-order valence-electron chi connectivity index (χ3n) is 4.73. The first kappa shape index (κ1) is 48.1. The molecule has 0 amide bonds. The Morgan fingerprint density at radius 2 is 0.442 bits per heavy atom. The van der Waals surface area contributed by atoms with Crippen LogP contribution in [0.4, 0.5) is 0 Å². The van der Waals surface area contributed by atoms with E-state index in [0.29, 0.717) is 20.6 Å². The molecule has 248 valence electrons. The molecule has 7 heteroatoms. The quantitative estimate of drug-likeness (QED) is 0.110. The molecular weight excluding hydrogens is 727 g/mol. The molecule has 0 radical (unpaired) electrons. The molecule has 0 N–H and O–H groups in total. The summed E-state index contributed by atoms with van der Waals surface area (Å²) >= 11 is 0. The monoisotopic (exact) mass is 782 g/mol. The van der Waals surface area contributed by atoms with Crippen LogP contribution in [-0.4, -0.2) is 20.6 Å². The van der Waals surface area contributed by atoms with Gasteiger partial charge in [-0.1, -0.05) is 83.1 Å². The average molecular weight is 783 g/mol. The van der Waals surface area contributed by atoms with Crippen LogP contribution in [0, 0.1) is 0 Å². The fourth-order valence-corrected chi connectivity index (χ4v) is 8.46. The van der Waals surface area contributed by atoms with Gasteiger partial charge in [0, 0.05) is 33.6 Å². The second-order valence-corrected chi connectivity index (χ2v) is 23.5. The van der Waals surface area contributed by atoms with Crippen molar-refractivity contribution in [2.75, 3.05) is 0 Å². The molecular formula is C36H56Fe2NiP4-2. The smallest absolute Gasteiger partial charge is 0.213 e. The standard InChI is InChI=1S/4C9H14P.2Fe.Ni/c4*1-9(2,3)10-8-6-4-5-7-8;;;/h4*4-7,10H,1-3H3;;;/q4*-1;;+2;. The van der Waals surface area contributed by atoms with Crippen LogP contribution in [0.25, 0.3) is 0 Å². The maximum absolute atomic E-state index is 2.28. The molecule has 0 aromatic heterocycles. The van der Waals surface area contributed by atoms with Gasteiger partial charge in [0.15, 0.2) is 0 Å². The molecule has 4 aromatic rings. The molecule has 4 rings (SSSR count). The molecule has 43 heavy (non-hydrogen) atoms. The minimum atomic E-state index is 0. The minimum Gasteiger partial charge on any atom is -0.213 e. The molecule has 0 spiro atoms. The van der Waals surface area contributed by atoms with Crippen molar-refractivity contribution >= 4 is 55.5 Å². The molecule has 0 bridgehead atoms. The fourth-order valence-electron chi connectivity index (χ4n) is 3.56. The first-order valence-electron chi connectivity index (χ1n) is 14.3. The Balaban J connectivity index is -0.000000485. The van der Waals surface area contributed by atoms with Crippen LogP contribution in [0.3, 0.4) is 0 Å². The SMILES string of the molecule is CC(C)(C)P[c-]1cccc1.CC(C)(C)P[c-]1cccc1.CC(C)(C)P[c-]1cccc1.CC(C)(C)P[c-]1cccc1.[Fe+2].[Fe].[Ni]. The van der Waals surface area contributed by atoms with E-state index in [2.05, 4.69) is 180 Å². The molecule has 0 saturated carbocycles. The average Bonchev–Trinajstić information content (AvgIpc) is 3.54. The Kier molecular flexibility index (Phi) is 25.8. The van der Waals surface area contributed by atoms with E-state index in [1.807, 2.05) is 0 Å². The fraction of sp³-hybridized carbons (Fsp3) is 0.444. The van der Waals surface area contributed by atoms with Crippen LogP contribution >= 0.6 is 34.3 Å². The molecule has 0 aliphatic carbocycles. The summed E-state index contributed by atoms with van der Waals surface area (Å²) in [6.45, 7) is 27.3. The zero-order valence-electron chi connectivity index (χ0n) is 28.3. The van der Waals surface area contributed by atoms with Crippen molar-refractivity contribution in [1.82, 2.24) is 0 Å². The topological polar surface area (TPSA) is 0 Å². The molecule has 0 nitrogen and oxygen atoms in total.